The van der Waals surface area contributed by atoms with E-state index in [4.69, 9.17) is 4.74 Å². The van der Waals surface area contributed by atoms with Gasteiger partial charge in [-0.15, -0.1) is 0 Å². The van der Waals surface area contributed by atoms with Crippen LogP contribution in [0.15, 0.2) is 30.6 Å². The van der Waals surface area contributed by atoms with Crippen LogP contribution in [-0.2, 0) is 4.74 Å². The number of benzene rings is 1. The Hall–Kier alpha value is -2.21. The Morgan fingerprint density at radius 2 is 2.38 bits per heavy atom. The fourth-order valence-electron chi connectivity index (χ4n) is 2.27. The maximum atomic E-state index is 13.5. The number of carbonyl (C=O) groups is 1. The Kier molecular flexibility index (Phi) is 3.70. The number of ether oxygens (including phenoxy) is 1. The fourth-order valence-corrected chi connectivity index (χ4v) is 2.27. The van der Waals surface area contributed by atoms with Gasteiger partial charge in [0.05, 0.1) is 24.5 Å². The predicted octanol–water partition coefficient (Wildman–Crippen LogP) is 2.54. The Balaban J connectivity index is 1.70. The van der Waals surface area contributed by atoms with E-state index in [1.807, 2.05) is 0 Å². The van der Waals surface area contributed by atoms with Gasteiger partial charge in [0, 0.05) is 18.4 Å². The normalized spacial score (nSPS) is 17.9. The fraction of sp³-hybridized carbons (Fsp3) is 0.333. The van der Waals surface area contributed by atoms with Crippen molar-refractivity contribution in [3.63, 3.8) is 0 Å². The van der Waals surface area contributed by atoms with Crippen molar-refractivity contribution < 1.29 is 13.9 Å². The summed E-state index contributed by atoms with van der Waals surface area (Å²) in [4.78, 5) is 12.1. The van der Waals surface area contributed by atoms with Crippen molar-refractivity contribution in [2.24, 2.45) is 0 Å². The van der Waals surface area contributed by atoms with Gasteiger partial charge >= 0.3 is 0 Å². The molecule has 0 spiro atoms. The van der Waals surface area contributed by atoms with Crippen LogP contribution in [0.5, 0.6) is 0 Å². The quantitative estimate of drug-likeness (QED) is 0.944. The highest BCUT2D eigenvalue weighted by molar-refractivity contribution is 6.04. The predicted molar refractivity (Wildman–Crippen MR) is 75.8 cm³/mol. The van der Waals surface area contributed by atoms with Crippen LogP contribution in [-0.4, -0.2) is 28.9 Å². The Morgan fingerprint density at radius 1 is 1.52 bits per heavy atom. The number of hydrogen-bond donors (Lipinski definition) is 1. The molecule has 0 radical (unpaired) electrons. The van der Waals surface area contributed by atoms with Gasteiger partial charge in [-0.25, -0.2) is 4.39 Å². The van der Waals surface area contributed by atoms with Gasteiger partial charge < -0.3 is 10.1 Å². The number of hydrogen-bond acceptors (Lipinski definition) is 3. The highest BCUT2D eigenvalue weighted by Crippen LogP contribution is 2.20. The molecule has 1 aliphatic heterocycles. The topological polar surface area (TPSA) is 56.2 Å². The molecule has 0 bridgehead atoms. The van der Waals surface area contributed by atoms with Crippen molar-refractivity contribution in [3.05, 3.63) is 47.5 Å². The molecule has 1 fully saturated rings. The molecule has 0 aliphatic carbocycles. The molecule has 0 saturated carbocycles. The minimum atomic E-state index is -0.388. The number of aryl methyl sites for hydroxylation is 1. The zero-order valence-electron chi connectivity index (χ0n) is 11.7. The molecule has 110 valence electrons. The second kappa shape index (κ2) is 5.65. The standard InChI is InChI=1S/C15H16FN3O2/c1-10-2-3-11(6-14(10)16)15(20)18-12-7-17-19(8-12)13-4-5-21-9-13/h2-3,6-8,13H,4-5,9H2,1H3,(H,18,20)/t13-/m1/s1. The van der Waals surface area contributed by atoms with Crippen LogP contribution in [0.1, 0.15) is 28.4 Å². The molecule has 2 aromatic rings. The molecule has 1 aromatic carbocycles. The molecule has 1 N–H and O–H groups in total. The van der Waals surface area contributed by atoms with E-state index in [1.165, 1.54) is 6.07 Å². The number of rotatable bonds is 3. The van der Waals surface area contributed by atoms with Crippen LogP contribution in [0, 0.1) is 12.7 Å². The van der Waals surface area contributed by atoms with Gasteiger partial charge in [0.1, 0.15) is 5.82 Å². The van der Waals surface area contributed by atoms with Crippen molar-refractivity contribution >= 4 is 11.6 Å². The molecule has 1 atom stereocenters. The molecule has 1 aromatic heterocycles. The third-order valence-electron chi connectivity index (χ3n) is 3.57. The van der Waals surface area contributed by atoms with Crippen LogP contribution < -0.4 is 5.32 Å². The SMILES string of the molecule is Cc1ccc(C(=O)Nc2cnn([C@@H]3CCOC3)c2)cc1F. The van der Waals surface area contributed by atoms with Gasteiger partial charge in [-0.2, -0.15) is 5.10 Å². The summed E-state index contributed by atoms with van der Waals surface area (Å²) in [6.45, 7) is 3.03. The van der Waals surface area contributed by atoms with E-state index >= 15 is 0 Å². The minimum absolute atomic E-state index is 0.215. The first-order valence-electron chi connectivity index (χ1n) is 6.83. The third kappa shape index (κ3) is 2.95. The van der Waals surface area contributed by atoms with Crippen molar-refractivity contribution in [1.29, 1.82) is 0 Å². The first kappa shape index (κ1) is 13.8. The first-order valence-corrected chi connectivity index (χ1v) is 6.83. The van der Waals surface area contributed by atoms with Crippen molar-refractivity contribution in [3.8, 4) is 0 Å². The van der Waals surface area contributed by atoms with Crippen molar-refractivity contribution in [2.75, 3.05) is 18.5 Å². The van der Waals surface area contributed by atoms with Crippen LogP contribution in [0.25, 0.3) is 0 Å². The number of halogens is 1. The van der Waals surface area contributed by atoms with E-state index in [9.17, 15) is 9.18 Å². The molecule has 3 rings (SSSR count). The summed E-state index contributed by atoms with van der Waals surface area (Å²) in [7, 11) is 0. The number of nitrogens with one attached hydrogen (secondary N) is 1. The van der Waals surface area contributed by atoms with E-state index in [1.54, 1.807) is 36.1 Å². The van der Waals surface area contributed by atoms with E-state index in [0.29, 0.717) is 17.9 Å². The molecular weight excluding hydrogens is 273 g/mol. The molecule has 1 amide bonds. The lowest BCUT2D eigenvalue weighted by Crippen LogP contribution is -2.12. The van der Waals surface area contributed by atoms with Crippen molar-refractivity contribution in [2.45, 2.75) is 19.4 Å². The lowest BCUT2D eigenvalue weighted by atomic mass is 10.1. The average Bonchev–Trinajstić information content (AvgIpc) is 3.12. The summed E-state index contributed by atoms with van der Waals surface area (Å²) < 4.78 is 20.6. The second-order valence-corrected chi connectivity index (χ2v) is 5.14. The van der Waals surface area contributed by atoms with Crippen LogP contribution >= 0.6 is 0 Å². The van der Waals surface area contributed by atoms with E-state index in [-0.39, 0.29) is 23.3 Å². The maximum absolute atomic E-state index is 13.5. The van der Waals surface area contributed by atoms with E-state index < -0.39 is 0 Å². The summed E-state index contributed by atoms with van der Waals surface area (Å²) in [5.41, 5.74) is 1.39. The van der Waals surface area contributed by atoms with Crippen molar-refractivity contribution in [1.82, 2.24) is 9.78 Å². The maximum Gasteiger partial charge on any atom is 0.255 e. The van der Waals surface area contributed by atoms with E-state index in [0.717, 1.165) is 13.0 Å². The van der Waals surface area contributed by atoms with Gasteiger partial charge in [0.25, 0.3) is 5.91 Å². The van der Waals surface area contributed by atoms with Gasteiger partial charge in [-0.05, 0) is 31.0 Å². The molecule has 0 unspecified atom stereocenters. The molecule has 5 nitrogen and oxygen atoms in total. The number of nitrogens with zero attached hydrogens (tertiary/aromatic N) is 2. The minimum Gasteiger partial charge on any atom is -0.379 e. The molecule has 1 aliphatic rings. The third-order valence-corrected chi connectivity index (χ3v) is 3.57. The summed E-state index contributed by atoms with van der Waals surface area (Å²) in [5, 5.41) is 6.94. The molecule has 1 saturated heterocycles. The monoisotopic (exact) mass is 289 g/mol. The smallest absolute Gasteiger partial charge is 0.255 e. The first-order chi connectivity index (χ1) is 10.1. The zero-order valence-corrected chi connectivity index (χ0v) is 11.7. The lowest BCUT2D eigenvalue weighted by molar-refractivity contribution is 0.102. The Bertz CT molecular complexity index is 663. The zero-order chi connectivity index (χ0) is 14.8. The van der Waals surface area contributed by atoms with Gasteiger partial charge in [0.15, 0.2) is 0 Å². The number of carbonyl (C=O) groups excluding carboxylic acids is 1. The summed E-state index contributed by atoms with van der Waals surface area (Å²) in [6, 6.07) is 4.64. The molecule has 21 heavy (non-hydrogen) atoms. The summed E-state index contributed by atoms with van der Waals surface area (Å²) in [6.07, 6.45) is 4.26. The highest BCUT2D eigenvalue weighted by Gasteiger charge is 2.18. The average molecular weight is 289 g/mol. The lowest BCUT2D eigenvalue weighted by Gasteiger charge is -2.07. The van der Waals surface area contributed by atoms with Gasteiger partial charge in [-0.1, -0.05) is 6.07 Å². The molecular formula is C15H16FN3O2. The van der Waals surface area contributed by atoms with Crippen LogP contribution in [0.2, 0.25) is 0 Å². The van der Waals surface area contributed by atoms with Gasteiger partial charge in [-0.3, -0.25) is 9.48 Å². The molecule has 6 heteroatoms. The summed E-state index contributed by atoms with van der Waals surface area (Å²) >= 11 is 0. The summed E-state index contributed by atoms with van der Waals surface area (Å²) in [5.74, 6) is -0.738. The second-order valence-electron chi connectivity index (χ2n) is 5.14. The Labute approximate surface area is 121 Å². The van der Waals surface area contributed by atoms with Crippen LogP contribution in [0.4, 0.5) is 10.1 Å². The highest BCUT2D eigenvalue weighted by atomic mass is 19.1. The largest absolute Gasteiger partial charge is 0.379 e. The molecule has 2 heterocycles. The van der Waals surface area contributed by atoms with Gasteiger partial charge in [0.2, 0.25) is 0 Å². The van der Waals surface area contributed by atoms with Crippen LogP contribution in [0.3, 0.4) is 0 Å². The number of anilines is 1. The van der Waals surface area contributed by atoms with E-state index in [2.05, 4.69) is 10.4 Å². The Morgan fingerprint density at radius 3 is 3.10 bits per heavy atom. The number of aromatic nitrogens is 2. The number of amides is 1.